The summed E-state index contributed by atoms with van der Waals surface area (Å²) in [6.45, 7) is 5.28. The van der Waals surface area contributed by atoms with E-state index in [0.29, 0.717) is 31.5 Å². The Morgan fingerprint density at radius 1 is 1.19 bits per heavy atom. The van der Waals surface area contributed by atoms with Crippen molar-refractivity contribution in [3.05, 3.63) is 35.4 Å². The molecular weight excluding hydrogens is 362 g/mol. The highest BCUT2D eigenvalue weighted by Gasteiger charge is 2.38. The highest BCUT2D eigenvalue weighted by molar-refractivity contribution is 5.89. The number of amides is 2. The molecule has 0 spiro atoms. The zero-order valence-electron chi connectivity index (χ0n) is 16.3. The van der Waals surface area contributed by atoms with E-state index in [1.807, 2.05) is 17.0 Å². The number of carbonyl (C=O) groups is 2. The second-order valence-corrected chi connectivity index (χ2v) is 8.06. The largest absolute Gasteiger partial charge is 0.354 e. The monoisotopic (exact) mass is 393 g/mol. The van der Waals surface area contributed by atoms with Crippen LogP contribution in [0, 0.1) is 5.92 Å². The van der Waals surface area contributed by atoms with Gasteiger partial charge in [0.1, 0.15) is 0 Å². The molecule has 27 heavy (non-hydrogen) atoms. The Morgan fingerprint density at radius 3 is 2.37 bits per heavy atom. The van der Waals surface area contributed by atoms with Crippen LogP contribution in [-0.4, -0.2) is 35.8 Å². The van der Waals surface area contributed by atoms with Crippen molar-refractivity contribution in [1.29, 1.82) is 0 Å². The molecule has 1 aromatic rings. The summed E-state index contributed by atoms with van der Waals surface area (Å²) in [5.74, 6) is 0.333. The third kappa shape index (κ3) is 5.23. The Hall–Kier alpha value is -1.59. The zero-order valence-corrected chi connectivity index (χ0v) is 17.1. The van der Waals surface area contributed by atoms with E-state index in [4.69, 9.17) is 5.73 Å². The maximum absolute atomic E-state index is 12.5. The average molecular weight is 394 g/mol. The van der Waals surface area contributed by atoms with Gasteiger partial charge < -0.3 is 16.0 Å². The molecule has 5 nitrogen and oxygen atoms in total. The summed E-state index contributed by atoms with van der Waals surface area (Å²) < 4.78 is 0. The van der Waals surface area contributed by atoms with Gasteiger partial charge in [-0.1, -0.05) is 51.0 Å². The fourth-order valence-corrected chi connectivity index (χ4v) is 4.08. The number of rotatable bonds is 6. The van der Waals surface area contributed by atoms with Gasteiger partial charge in [-0.05, 0) is 29.9 Å². The maximum Gasteiger partial charge on any atom is 0.225 e. The Morgan fingerprint density at radius 2 is 1.78 bits per heavy atom. The van der Waals surface area contributed by atoms with E-state index in [0.717, 1.165) is 18.4 Å². The lowest BCUT2D eigenvalue weighted by atomic mass is 9.99. The Labute approximate surface area is 168 Å². The molecule has 2 atom stereocenters. The van der Waals surface area contributed by atoms with Gasteiger partial charge in [-0.3, -0.25) is 9.59 Å². The summed E-state index contributed by atoms with van der Waals surface area (Å²) in [4.78, 5) is 26.7. The predicted octanol–water partition coefficient (Wildman–Crippen LogP) is 3.14. The quantitative estimate of drug-likeness (QED) is 0.779. The van der Waals surface area contributed by atoms with Crippen LogP contribution in [0.1, 0.15) is 69.0 Å². The third-order valence-electron chi connectivity index (χ3n) is 5.82. The first-order valence-electron chi connectivity index (χ1n) is 9.88. The topological polar surface area (TPSA) is 75.4 Å². The van der Waals surface area contributed by atoms with Crippen molar-refractivity contribution in [3.63, 3.8) is 0 Å². The van der Waals surface area contributed by atoms with E-state index in [9.17, 15) is 9.59 Å². The summed E-state index contributed by atoms with van der Waals surface area (Å²) in [7, 11) is 0. The number of nitrogens with two attached hydrogens (primary N) is 1. The number of likely N-dealkylation sites (tertiary alicyclic amines) is 1. The smallest absolute Gasteiger partial charge is 0.225 e. The summed E-state index contributed by atoms with van der Waals surface area (Å²) in [5, 5.41) is 2.95. The first kappa shape index (κ1) is 21.7. The normalized spacial score (nSPS) is 21.4. The second-order valence-electron chi connectivity index (χ2n) is 8.06. The predicted molar refractivity (Wildman–Crippen MR) is 110 cm³/mol. The maximum atomic E-state index is 12.5. The molecule has 3 rings (SSSR count). The first-order valence-corrected chi connectivity index (χ1v) is 9.88. The van der Waals surface area contributed by atoms with Crippen LogP contribution in [0.4, 0.5) is 0 Å². The van der Waals surface area contributed by atoms with E-state index < -0.39 is 0 Å². The molecule has 1 aromatic carbocycles. The number of carbonyl (C=O) groups excluding carboxylic acids is 2. The molecule has 2 aliphatic rings. The van der Waals surface area contributed by atoms with Crippen LogP contribution in [0.15, 0.2) is 24.3 Å². The van der Waals surface area contributed by atoms with Gasteiger partial charge in [-0.2, -0.15) is 0 Å². The first-order chi connectivity index (χ1) is 12.5. The van der Waals surface area contributed by atoms with Crippen molar-refractivity contribution in [2.75, 3.05) is 13.1 Å². The zero-order chi connectivity index (χ0) is 18.7. The van der Waals surface area contributed by atoms with Crippen molar-refractivity contribution < 1.29 is 9.59 Å². The fourth-order valence-electron chi connectivity index (χ4n) is 4.08. The molecule has 2 fully saturated rings. The highest BCUT2D eigenvalue weighted by Crippen LogP contribution is 2.29. The van der Waals surface area contributed by atoms with E-state index in [-0.39, 0.29) is 36.2 Å². The summed E-state index contributed by atoms with van der Waals surface area (Å²) in [5.41, 5.74) is 8.53. The van der Waals surface area contributed by atoms with Crippen LogP contribution in [-0.2, 0) is 9.59 Å². The molecule has 150 valence electrons. The van der Waals surface area contributed by atoms with Crippen LogP contribution in [0.3, 0.4) is 0 Å². The molecule has 1 heterocycles. The van der Waals surface area contributed by atoms with Crippen LogP contribution in [0.25, 0.3) is 0 Å². The summed E-state index contributed by atoms with van der Waals surface area (Å²) >= 11 is 0. The molecule has 3 N–H and O–H groups in total. The van der Waals surface area contributed by atoms with Gasteiger partial charge in [0.15, 0.2) is 0 Å². The number of benzene rings is 1. The van der Waals surface area contributed by atoms with E-state index in [1.165, 1.54) is 18.4 Å². The third-order valence-corrected chi connectivity index (χ3v) is 5.82. The molecule has 0 aromatic heterocycles. The number of nitrogens with one attached hydrogen (secondary N) is 1. The van der Waals surface area contributed by atoms with Gasteiger partial charge in [-0.25, -0.2) is 0 Å². The van der Waals surface area contributed by atoms with Crippen LogP contribution in [0.5, 0.6) is 0 Å². The Balaban J connectivity index is 0.00000261. The molecular formula is C21H32ClN3O2. The minimum atomic E-state index is -0.237. The van der Waals surface area contributed by atoms with Gasteiger partial charge in [0.05, 0.1) is 5.92 Å². The van der Waals surface area contributed by atoms with Crippen LogP contribution < -0.4 is 11.1 Å². The van der Waals surface area contributed by atoms with Crippen molar-refractivity contribution in [3.8, 4) is 0 Å². The molecule has 2 amide bonds. The number of hydrogen-bond acceptors (Lipinski definition) is 3. The van der Waals surface area contributed by atoms with Crippen molar-refractivity contribution >= 4 is 24.2 Å². The molecule has 0 bridgehead atoms. The van der Waals surface area contributed by atoms with E-state index in [2.05, 4.69) is 31.3 Å². The fraction of sp³-hybridized carbons (Fsp3) is 0.619. The van der Waals surface area contributed by atoms with Crippen LogP contribution >= 0.6 is 12.4 Å². The molecule has 2 unspecified atom stereocenters. The lowest BCUT2D eigenvalue weighted by Crippen LogP contribution is -2.38. The second kappa shape index (κ2) is 9.56. The summed E-state index contributed by atoms with van der Waals surface area (Å²) in [6.07, 6.45) is 4.88. The van der Waals surface area contributed by atoms with Crippen LogP contribution in [0.2, 0.25) is 0 Å². The number of hydrogen-bond donors (Lipinski definition) is 2. The lowest BCUT2D eigenvalue weighted by Gasteiger charge is -2.24. The van der Waals surface area contributed by atoms with Gasteiger partial charge in [0, 0.05) is 31.6 Å². The van der Waals surface area contributed by atoms with E-state index >= 15 is 0 Å². The molecule has 1 saturated carbocycles. The molecule has 1 aliphatic carbocycles. The van der Waals surface area contributed by atoms with Gasteiger partial charge in [-0.15, -0.1) is 12.4 Å². The van der Waals surface area contributed by atoms with Gasteiger partial charge >= 0.3 is 0 Å². The highest BCUT2D eigenvalue weighted by atomic mass is 35.5. The molecule has 6 heteroatoms. The SMILES string of the molecule is CC(C)c1ccc(C(N)CNC(=O)C2CC(=O)N(C3CCCC3)C2)cc1.Cl. The van der Waals surface area contributed by atoms with Gasteiger partial charge in [0.2, 0.25) is 11.8 Å². The standard InChI is InChI=1S/C21H31N3O2.ClH/c1-14(2)15-7-9-16(10-8-15)19(22)12-23-21(26)17-11-20(25)24(13-17)18-5-3-4-6-18;/h7-10,14,17-19H,3-6,11-13,22H2,1-2H3,(H,23,26);1H. The van der Waals surface area contributed by atoms with Crippen molar-refractivity contribution in [2.45, 2.75) is 64.0 Å². The minimum Gasteiger partial charge on any atom is -0.354 e. The minimum absolute atomic E-state index is 0. The number of halogens is 1. The molecule has 1 saturated heterocycles. The average Bonchev–Trinajstić information content (AvgIpc) is 3.28. The van der Waals surface area contributed by atoms with E-state index in [1.54, 1.807) is 0 Å². The van der Waals surface area contributed by atoms with Crippen molar-refractivity contribution in [1.82, 2.24) is 10.2 Å². The Bertz CT molecular complexity index is 641. The lowest BCUT2D eigenvalue weighted by molar-refractivity contribution is -0.130. The molecule has 1 aliphatic heterocycles. The molecule has 0 radical (unpaired) electrons. The van der Waals surface area contributed by atoms with Gasteiger partial charge in [0.25, 0.3) is 0 Å². The summed E-state index contributed by atoms with van der Waals surface area (Å²) in [6, 6.07) is 8.37. The number of nitrogens with zero attached hydrogens (tertiary/aromatic N) is 1. The Kier molecular flexibility index (Phi) is 7.68. The van der Waals surface area contributed by atoms with Crippen molar-refractivity contribution in [2.24, 2.45) is 11.7 Å².